The zero-order chi connectivity index (χ0) is 13.0. The van der Waals surface area contributed by atoms with Crippen LogP contribution in [0.4, 0.5) is 5.82 Å². The van der Waals surface area contributed by atoms with E-state index in [0.29, 0.717) is 16.9 Å². The highest BCUT2D eigenvalue weighted by molar-refractivity contribution is 14.1. The number of pyridine rings is 1. The van der Waals surface area contributed by atoms with Crippen LogP contribution < -0.4 is 5.32 Å². The van der Waals surface area contributed by atoms with Crippen LogP contribution in [-0.4, -0.2) is 10.9 Å². The maximum absolute atomic E-state index is 11.9. The molecule has 0 saturated heterocycles. The third kappa shape index (κ3) is 3.05. The van der Waals surface area contributed by atoms with Crippen LogP contribution in [-0.2, 0) is 0 Å². The third-order valence-corrected chi connectivity index (χ3v) is 2.88. The highest BCUT2D eigenvalue weighted by Crippen LogP contribution is 2.09. The van der Waals surface area contributed by atoms with Crippen molar-refractivity contribution in [2.75, 3.05) is 5.32 Å². The number of rotatable bonds is 2. The summed E-state index contributed by atoms with van der Waals surface area (Å²) in [5, 5.41) is 11.4. The molecule has 0 aliphatic heterocycles. The predicted molar refractivity (Wildman–Crippen MR) is 76.1 cm³/mol. The molecule has 0 saturated carbocycles. The van der Waals surface area contributed by atoms with E-state index in [1.54, 1.807) is 36.5 Å². The Hall–Kier alpha value is -1.94. The minimum Gasteiger partial charge on any atom is -0.307 e. The standard InChI is InChI=1S/C13H8IN3O/c14-11-5-6-12(16-8-11)17-13(18)10-3-1-9(7-15)2-4-10/h1-6,8H,(H,16,17,18). The van der Waals surface area contributed by atoms with E-state index in [1.165, 1.54) is 0 Å². The number of aromatic nitrogens is 1. The predicted octanol–water partition coefficient (Wildman–Crippen LogP) is 2.81. The van der Waals surface area contributed by atoms with Gasteiger partial charge in [0.05, 0.1) is 11.6 Å². The smallest absolute Gasteiger partial charge is 0.256 e. The normalized spacial score (nSPS) is 9.56. The van der Waals surface area contributed by atoms with Gasteiger partial charge in [-0.3, -0.25) is 4.79 Å². The molecule has 0 unspecified atom stereocenters. The van der Waals surface area contributed by atoms with E-state index >= 15 is 0 Å². The second kappa shape index (κ2) is 5.60. The van der Waals surface area contributed by atoms with Crippen molar-refractivity contribution < 1.29 is 4.79 Å². The number of hydrogen-bond donors (Lipinski definition) is 1. The van der Waals surface area contributed by atoms with Crippen molar-refractivity contribution in [2.45, 2.75) is 0 Å². The minimum absolute atomic E-state index is 0.242. The summed E-state index contributed by atoms with van der Waals surface area (Å²) in [7, 11) is 0. The first-order valence-electron chi connectivity index (χ1n) is 5.12. The van der Waals surface area contributed by atoms with Gasteiger partial charge in [-0.25, -0.2) is 4.98 Å². The van der Waals surface area contributed by atoms with Crippen LogP contribution in [0.5, 0.6) is 0 Å². The number of halogens is 1. The number of benzene rings is 1. The van der Waals surface area contributed by atoms with E-state index in [0.717, 1.165) is 3.57 Å². The van der Waals surface area contributed by atoms with Crippen molar-refractivity contribution in [1.82, 2.24) is 4.98 Å². The maximum Gasteiger partial charge on any atom is 0.256 e. The molecule has 5 heteroatoms. The summed E-state index contributed by atoms with van der Waals surface area (Å²) in [6.45, 7) is 0. The Morgan fingerprint density at radius 2 is 1.94 bits per heavy atom. The SMILES string of the molecule is N#Cc1ccc(C(=O)Nc2ccc(I)cn2)cc1. The zero-order valence-corrected chi connectivity index (χ0v) is 11.4. The molecule has 0 radical (unpaired) electrons. The Kier molecular flexibility index (Phi) is 3.89. The summed E-state index contributed by atoms with van der Waals surface area (Å²) in [5.41, 5.74) is 1.02. The molecule has 0 spiro atoms. The van der Waals surface area contributed by atoms with Crippen LogP contribution in [0.25, 0.3) is 0 Å². The molecule has 1 aromatic carbocycles. The highest BCUT2D eigenvalue weighted by atomic mass is 127. The van der Waals surface area contributed by atoms with Gasteiger partial charge in [-0.05, 0) is 59.0 Å². The molecular weight excluding hydrogens is 341 g/mol. The van der Waals surface area contributed by atoms with Crippen LogP contribution in [0.1, 0.15) is 15.9 Å². The van der Waals surface area contributed by atoms with E-state index in [-0.39, 0.29) is 5.91 Å². The first-order chi connectivity index (χ1) is 8.69. The van der Waals surface area contributed by atoms with Crippen molar-refractivity contribution >= 4 is 34.3 Å². The summed E-state index contributed by atoms with van der Waals surface area (Å²) in [6, 6.07) is 12.0. The number of nitriles is 1. The number of anilines is 1. The monoisotopic (exact) mass is 349 g/mol. The van der Waals surface area contributed by atoms with Crippen molar-refractivity contribution in [3.05, 3.63) is 57.3 Å². The quantitative estimate of drug-likeness (QED) is 0.848. The maximum atomic E-state index is 11.9. The zero-order valence-electron chi connectivity index (χ0n) is 9.22. The fourth-order valence-corrected chi connectivity index (χ4v) is 1.65. The highest BCUT2D eigenvalue weighted by Gasteiger charge is 2.06. The summed E-state index contributed by atoms with van der Waals surface area (Å²) < 4.78 is 1.00. The van der Waals surface area contributed by atoms with Gasteiger partial charge in [-0.15, -0.1) is 0 Å². The van der Waals surface area contributed by atoms with E-state index in [4.69, 9.17) is 5.26 Å². The molecular formula is C13H8IN3O. The molecule has 1 N–H and O–H groups in total. The molecule has 0 atom stereocenters. The van der Waals surface area contributed by atoms with Gasteiger partial charge in [-0.2, -0.15) is 5.26 Å². The summed E-state index contributed by atoms with van der Waals surface area (Å²) in [4.78, 5) is 15.9. The summed E-state index contributed by atoms with van der Waals surface area (Å²) in [5.74, 6) is 0.262. The van der Waals surface area contributed by atoms with Gasteiger partial charge in [0.1, 0.15) is 5.82 Å². The van der Waals surface area contributed by atoms with E-state index in [1.807, 2.05) is 12.1 Å². The Labute approximate surface area is 118 Å². The third-order valence-electron chi connectivity index (χ3n) is 2.25. The Morgan fingerprint density at radius 3 is 2.50 bits per heavy atom. The first-order valence-corrected chi connectivity index (χ1v) is 6.20. The van der Waals surface area contributed by atoms with Crippen LogP contribution in [0, 0.1) is 14.9 Å². The second-order valence-corrected chi connectivity index (χ2v) is 4.75. The number of carbonyl (C=O) groups excluding carboxylic acids is 1. The van der Waals surface area contributed by atoms with Gasteiger partial charge >= 0.3 is 0 Å². The molecule has 2 rings (SSSR count). The lowest BCUT2D eigenvalue weighted by molar-refractivity contribution is 0.102. The second-order valence-electron chi connectivity index (χ2n) is 3.50. The van der Waals surface area contributed by atoms with Gasteiger partial charge in [0.15, 0.2) is 0 Å². The van der Waals surface area contributed by atoms with E-state index in [2.05, 4.69) is 32.9 Å². The van der Waals surface area contributed by atoms with Crippen molar-refractivity contribution in [3.8, 4) is 6.07 Å². The number of nitrogens with one attached hydrogen (secondary N) is 1. The molecule has 18 heavy (non-hydrogen) atoms. The topological polar surface area (TPSA) is 65.8 Å². The molecule has 1 amide bonds. The van der Waals surface area contributed by atoms with Gasteiger partial charge in [0.25, 0.3) is 5.91 Å². The largest absolute Gasteiger partial charge is 0.307 e. The van der Waals surface area contributed by atoms with E-state index in [9.17, 15) is 4.79 Å². The molecule has 88 valence electrons. The van der Waals surface area contributed by atoms with Gasteiger partial charge in [0, 0.05) is 15.3 Å². The Balaban J connectivity index is 2.12. The molecule has 0 fully saturated rings. The molecule has 4 nitrogen and oxygen atoms in total. The number of amides is 1. The van der Waals surface area contributed by atoms with Crippen LogP contribution in [0.3, 0.4) is 0 Å². The van der Waals surface area contributed by atoms with Gasteiger partial charge in [-0.1, -0.05) is 0 Å². The number of carbonyl (C=O) groups is 1. The minimum atomic E-state index is -0.242. The molecule has 0 bridgehead atoms. The summed E-state index contributed by atoms with van der Waals surface area (Å²) in [6.07, 6.45) is 1.68. The van der Waals surface area contributed by atoms with Gasteiger partial charge in [0.2, 0.25) is 0 Å². The molecule has 0 aliphatic carbocycles. The Morgan fingerprint density at radius 1 is 1.22 bits per heavy atom. The summed E-state index contributed by atoms with van der Waals surface area (Å²) >= 11 is 2.14. The lowest BCUT2D eigenvalue weighted by Crippen LogP contribution is -2.12. The van der Waals surface area contributed by atoms with Crippen molar-refractivity contribution in [2.24, 2.45) is 0 Å². The fraction of sp³-hybridized carbons (Fsp3) is 0. The van der Waals surface area contributed by atoms with Crippen LogP contribution in [0.2, 0.25) is 0 Å². The van der Waals surface area contributed by atoms with Crippen molar-refractivity contribution in [3.63, 3.8) is 0 Å². The average molecular weight is 349 g/mol. The lowest BCUT2D eigenvalue weighted by Gasteiger charge is -2.04. The average Bonchev–Trinajstić information content (AvgIpc) is 2.41. The van der Waals surface area contributed by atoms with Gasteiger partial charge < -0.3 is 5.32 Å². The Bertz CT molecular complexity index is 600. The fourth-order valence-electron chi connectivity index (χ4n) is 1.33. The first kappa shape index (κ1) is 12.5. The van der Waals surface area contributed by atoms with E-state index < -0.39 is 0 Å². The molecule has 1 aromatic heterocycles. The number of hydrogen-bond acceptors (Lipinski definition) is 3. The van der Waals surface area contributed by atoms with Crippen LogP contribution >= 0.6 is 22.6 Å². The van der Waals surface area contributed by atoms with Crippen LogP contribution in [0.15, 0.2) is 42.6 Å². The molecule has 1 heterocycles. The molecule has 0 aliphatic rings. The lowest BCUT2D eigenvalue weighted by atomic mass is 10.1. The molecule has 2 aromatic rings. The number of nitrogens with zero attached hydrogens (tertiary/aromatic N) is 2. The van der Waals surface area contributed by atoms with Crippen molar-refractivity contribution in [1.29, 1.82) is 5.26 Å².